The van der Waals surface area contributed by atoms with Crippen LogP contribution < -0.4 is 11.1 Å². The summed E-state index contributed by atoms with van der Waals surface area (Å²) < 4.78 is 1.59. The molecule has 3 N–H and O–H groups in total. The third kappa shape index (κ3) is 3.40. The molecule has 0 saturated heterocycles. The van der Waals surface area contributed by atoms with Gasteiger partial charge in [-0.3, -0.25) is 14.6 Å². The lowest BCUT2D eigenvalue weighted by Crippen LogP contribution is -2.15. The minimum Gasteiger partial charge on any atom is -0.365 e. The van der Waals surface area contributed by atoms with Gasteiger partial charge in [-0.1, -0.05) is 18.2 Å². The molecule has 0 bridgehead atoms. The number of fused-ring (bicyclic) bond motifs is 2. The number of nitrogens with one attached hydrogen (secondary N) is 1. The zero-order valence-electron chi connectivity index (χ0n) is 16.1. The summed E-state index contributed by atoms with van der Waals surface area (Å²) >= 11 is 0. The Morgan fingerprint density at radius 1 is 1.17 bits per heavy atom. The molecule has 3 aromatic heterocycles. The van der Waals surface area contributed by atoms with Crippen LogP contribution in [0.5, 0.6) is 0 Å². The number of para-hydroxylation sites is 1. The molecule has 0 radical (unpaired) electrons. The molecular weight excluding hydrogens is 368 g/mol. The molecule has 2 amide bonds. The van der Waals surface area contributed by atoms with Gasteiger partial charge in [0.25, 0.3) is 5.91 Å². The van der Waals surface area contributed by atoms with Gasteiger partial charge in [0, 0.05) is 29.4 Å². The van der Waals surface area contributed by atoms with E-state index in [9.17, 15) is 9.59 Å². The fourth-order valence-electron chi connectivity index (χ4n) is 3.50. The summed E-state index contributed by atoms with van der Waals surface area (Å²) in [5.74, 6) is -0.678. The molecule has 1 aromatic carbocycles. The average Bonchev–Trinajstić information content (AvgIpc) is 3.12. The predicted octanol–water partition coefficient (Wildman–Crippen LogP) is 2.56. The normalized spacial score (nSPS) is 11.1. The first-order valence-electron chi connectivity index (χ1n) is 9.23. The lowest BCUT2D eigenvalue weighted by Gasteiger charge is -2.12. The molecule has 0 spiro atoms. The fourth-order valence-corrected chi connectivity index (χ4v) is 3.50. The van der Waals surface area contributed by atoms with Crippen molar-refractivity contribution >= 4 is 34.1 Å². The van der Waals surface area contributed by atoms with E-state index < -0.39 is 5.91 Å². The van der Waals surface area contributed by atoms with E-state index in [0.717, 1.165) is 27.9 Å². The molecule has 3 heterocycles. The average molecular weight is 388 g/mol. The summed E-state index contributed by atoms with van der Waals surface area (Å²) in [6.45, 7) is 3.74. The molecule has 0 fully saturated rings. The summed E-state index contributed by atoms with van der Waals surface area (Å²) in [4.78, 5) is 32.9. The van der Waals surface area contributed by atoms with Crippen LogP contribution in [-0.2, 0) is 11.2 Å². The van der Waals surface area contributed by atoms with Gasteiger partial charge >= 0.3 is 0 Å². The standard InChI is InChI=1S/C21H20N6O2/c1-12-15(13(2)27-21(25-12)16(11-24-27)20(22)29)8-9-18(28)26-17-7-3-5-14-6-4-10-23-19(14)17/h3-7,10-11H,8-9H2,1-2H3,(H2,22,29)(H,26,28). The molecule has 0 aliphatic heterocycles. The number of hydrogen-bond donors (Lipinski definition) is 2. The van der Waals surface area contributed by atoms with Gasteiger partial charge in [-0.25, -0.2) is 9.50 Å². The number of anilines is 1. The van der Waals surface area contributed by atoms with Gasteiger partial charge in [0.1, 0.15) is 5.56 Å². The van der Waals surface area contributed by atoms with Gasteiger partial charge in [0.05, 0.1) is 17.4 Å². The number of pyridine rings is 1. The van der Waals surface area contributed by atoms with Crippen LogP contribution in [0.1, 0.15) is 33.7 Å². The molecule has 0 aliphatic carbocycles. The highest BCUT2D eigenvalue weighted by molar-refractivity contribution is 6.00. The van der Waals surface area contributed by atoms with Gasteiger partial charge in [-0.15, -0.1) is 0 Å². The molecule has 0 atom stereocenters. The van der Waals surface area contributed by atoms with Crippen LogP contribution in [0.4, 0.5) is 5.69 Å². The summed E-state index contributed by atoms with van der Waals surface area (Å²) in [5, 5.41) is 8.13. The first-order valence-corrected chi connectivity index (χ1v) is 9.23. The van der Waals surface area contributed by atoms with Crippen molar-refractivity contribution in [1.29, 1.82) is 0 Å². The van der Waals surface area contributed by atoms with Crippen LogP contribution in [0, 0.1) is 13.8 Å². The fraction of sp³-hybridized carbons (Fsp3) is 0.190. The highest BCUT2D eigenvalue weighted by Crippen LogP contribution is 2.22. The number of primary amides is 1. The largest absolute Gasteiger partial charge is 0.365 e. The maximum atomic E-state index is 12.6. The number of nitrogens with zero attached hydrogens (tertiary/aromatic N) is 4. The van der Waals surface area contributed by atoms with Crippen molar-refractivity contribution in [3.63, 3.8) is 0 Å². The number of aryl methyl sites for hydroxylation is 2. The van der Waals surface area contributed by atoms with Crippen LogP contribution in [0.2, 0.25) is 0 Å². The Kier molecular flexibility index (Phi) is 4.67. The number of carbonyl (C=O) groups excluding carboxylic acids is 2. The van der Waals surface area contributed by atoms with Gasteiger partial charge in [-0.05, 0) is 38.0 Å². The lowest BCUT2D eigenvalue weighted by atomic mass is 10.1. The zero-order chi connectivity index (χ0) is 20.5. The predicted molar refractivity (Wildman–Crippen MR) is 110 cm³/mol. The SMILES string of the molecule is Cc1nc2c(C(N)=O)cnn2c(C)c1CCC(=O)Nc1cccc2cccnc12. The number of amides is 2. The number of nitrogens with two attached hydrogens (primary N) is 1. The smallest absolute Gasteiger partial charge is 0.254 e. The Morgan fingerprint density at radius 2 is 1.97 bits per heavy atom. The summed E-state index contributed by atoms with van der Waals surface area (Å²) in [6, 6.07) is 9.50. The number of aromatic nitrogens is 4. The van der Waals surface area contributed by atoms with Crippen molar-refractivity contribution in [1.82, 2.24) is 19.6 Å². The monoisotopic (exact) mass is 388 g/mol. The highest BCUT2D eigenvalue weighted by atomic mass is 16.2. The Morgan fingerprint density at radius 3 is 2.76 bits per heavy atom. The molecule has 146 valence electrons. The maximum absolute atomic E-state index is 12.6. The van der Waals surface area contributed by atoms with Crippen molar-refractivity contribution in [2.45, 2.75) is 26.7 Å². The van der Waals surface area contributed by atoms with Crippen LogP contribution in [0.3, 0.4) is 0 Å². The molecule has 4 rings (SSSR count). The van der Waals surface area contributed by atoms with E-state index in [2.05, 4.69) is 20.4 Å². The second kappa shape index (κ2) is 7.31. The number of hydrogen-bond acceptors (Lipinski definition) is 5. The minimum absolute atomic E-state index is 0.111. The summed E-state index contributed by atoms with van der Waals surface area (Å²) in [6.07, 6.45) is 3.90. The van der Waals surface area contributed by atoms with E-state index in [1.807, 2.05) is 44.2 Å². The second-order valence-corrected chi connectivity index (χ2v) is 6.85. The number of carbonyl (C=O) groups is 2. The first kappa shape index (κ1) is 18.5. The molecule has 8 nitrogen and oxygen atoms in total. The molecule has 0 unspecified atom stereocenters. The Hall–Kier alpha value is -3.81. The Balaban J connectivity index is 1.55. The van der Waals surface area contributed by atoms with Crippen LogP contribution >= 0.6 is 0 Å². The summed E-state index contributed by atoms with van der Waals surface area (Å²) in [5.41, 5.74) is 10.0. The molecule has 0 aliphatic rings. The van der Waals surface area contributed by atoms with Crippen molar-refractivity contribution in [2.75, 3.05) is 5.32 Å². The Bertz CT molecular complexity index is 1260. The van der Waals surface area contributed by atoms with E-state index >= 15 is 0 Å². The van der Waals surface area contributed by atoms with E-state index in [1.165, 1.54) is 6.20 Å². The number of benzene rings is 1. The van der Waals surface area contributed by atoms with E-state index in [4.69, 9.17) is 5.73 Å². The van der Waals surface area contributed by atoms with Gasteiger partial charge in [0.2, 0.25) is 5.91 Å². The van der Waals surface area contributed by atoms with Crippen molar-refractivity contribution in [3.05, 3.63) is 65.2 Å². The maximum Gasteiger partial charge on any atom is 0.254 e. The Labute approximate surface area is 166 Å². The van der Waals surface area contributed by atoms with Gasteiger partial charge in [0.15, 0.2) is 5.65 Å². The van der Waals surface area contributed by atoms with Crippen molar-refractivity contribution in [3.8, 4) is 0 Å². The van der Waals surface area contributed by atoms with E-state index in [1.54, 1.807) is 10.7 Å². The zero-order valence-corrected chi connectivity index (χ0v) is 16.1. The van der Waals surface area contributed by atoms with Gasteiger partial charge in [-0.2, -0.15) is 5.10 Å². The van der Waals surface area contributed by atoms with Crippen molar-refractivity contribution in [2.24, 2.45) is 5.73 Å². The lowest BCUT2D eigenvalue weighted by molar-refractivity contribution is -0.116. The number of rotatable bonds is 5. The minimum atomic E-state index is -0.567. The molecule has 4 aromatic rings. The molecule has 29 heavy (non-hydrogen) atoms. The molecular formula is C21H20N6O2. The topological polar surface area (TPSA) is 115 Å². The highest BCUT2D eigenvalue weighted by Gasteiger charge is 2.17. The first-order chi connectivity index (χ1) is 14.0. The van der Waals surface area contributed by atoms with E-state index in [0.29, 0.717) is 17.8 Å². The van der Waals surface area contributed by atoms with Crippen LogP contribution in [0.15, 0.2) is 42.7 Å². The van der Waals surface area contributed by atoms with Crippen LogP contribution in [0.25, 0.3) is 16.6 Å². The third-order valence-corrected chi connectivity index (χ3v) is 4.98. The van der Waals surface area contributed by atoms with Crippen LogP contribution in [-0.4, -0.2) is 31.4 Å². The quantitative estimate of drug-likeness (QED) is 0.545. The third-order valence-electron chi connectivity index (χ3n) is 4.98. The van der Waals surface area contributed by atoms with E-state index in [-0.39, 0.29) is 17.9 Å². The second-order valence-electron chi connectivity index (χ2n) is 6.85. The van der Waals surface area contributed by atoms with Crippen molar-refractivity contribution < 1.29 is 9.59 Å². The molecule has 0 saturated carbocycles. The summed E-state index contributed by atoms with van der Waals surface area (Å²) in [7, 11) is 0. The van der Waals surface area contributed by atoms with Gasteiger partial charge < -0.3 is 11.1 Å². The molecule has 8 heteroatoms.